The minimum atomic E-state index is 0. The van der Waals surface area contributed by atoms with Crippen LogP contribution >= 0.6 is 24.0 Å². The lowest BCUT2D eigenvalue weighted by Gasteiger charge is -2.34. The summed E-state index contributed by atoms with van der Waals surface area (Å²) in [4.78, 5) is 10.1. The van der Waals surface area contributed by atoms with E-state index in [1.165, 1.54) is 45.3 Å². The Morgan fingerprint density at radius 1 is 1.14 bits per heavy atom. The smallest absolute Gasteiger partial charge is 0.191 e. The molecule has 0 radical (unpaired) electrons. The van der Waals surface area contributed by atoms with Gasteiger partial charge in [0.05, 0.1) is 6.61 Å². The molecular formula is C21H44IN5O. The van der Waals surface area contributed by atoms with Crippen LogP contribution in [0.1, 0.15) is 46.5 Å². The van der Waals surface area contributed by atoms with E-state index in [4.69, 9.17) is 9.73 Å². The lowest BCUT2D eigenvalue weighted by Crippen LogP contribution is -2.49. The Morgan fingerprint density at radius 3 is 2.54 bits per heavy atom. The van der Waals surface area contributed by atoms with E-state index in [-0.39, 0.29) is 24.0 Å². The highest BCUT2D eigenvalue weighted by Gasteiger charge is 2.22. The number of nitrogens with one attached hydrogen (secondary N) is 2. The maximum Gasteiger partial charge on any atom is 0.191 e. The summed E-state index contributed by atoms with van der Waals surface area (Å²) in [5.74, 6) is 2.46. The van der Waals surface area contributed by atoms with Crippen LogP contribution in [0.25, 0.3) is 0 Å². The first-order valence-electron chi connectivity index (χ1n) is 11.1. The Kier molecular flexibility index (Phi) is 13.7. The lowest BCUT2D eigenvalue weighted by molar-refractivity contribution is 0.128. The number of piperidine rings is 2. The molecule has 2 aliphatic heterocycles. The molecule has 2 rings (SSSR count). The van der Waals surface area contributed by atoms with Gasteiger partial charge >= 0.3 is 0 Å². The summed E-state index contributed by atoms with van der Waals surface area (Å²) in [6.07, 6.45) is 4.99. The van der Waals surface area contributed by atoms with Crippen molar-refractivity contribution in [2.24, 2.45) is 16.8 Å². The van der Waals surface area contributed by atoms with Crippen LogP contribution in [-0.2, 0) is 4.74 Å². The molecule has 2 aliphatic rings. The van der Waals surface area contributed by atoms with Crippen molar-refractivity contribution in [2.75, 3.05) is 66.1 Å². The average Bonchev–Trinajstić information content (AvgIpc) is 2.65. The van der Waals surface area contributed by atoms with Gasteiger partial charge in [-0.1, -0.05) is 13.8 Å². The van der Waals surface area contributed by atoms with E-state index in [9.17, 15) is 0 Å². The molecule has 0 aromatic heterocycles. The van der Waals surface area contributed by atoms with Crippen molar-refractivity contribution < 1.29 is 4.74 Å². The third kappa shape index (κ3) is 10.1. The van der Waals surface area contributed by atoms with Gasteiger partial charge in [0.1, 0.15) is 0 Å². The maximum absolute atomic E-state index is 5.20. The van der Waals surface area contributed by atoms with Gasteiger partial charge in [-0.05, 0) is 51.0 Å². The fourth-order valence-electron chi connectivity index (χ4n) is 4.24. The summed E-state index contributed by atoms with van der Waals surface area (Å²) >= 11 is 0. The number of guanidine groups is 1. The fourth-order valence-corrected chi connectivity index (χ4v) is 4.24. The van der Waals surface area contributed by atoms with Crippen molar-refractivity contribution in [1.29, 1.82) is 0 Å². The summed E-state index contributed by atoms with van der Waals surface area (Å²) in [6.45, 7) is 16.5. The molecule has 2 N–H and O–H groups in total. The predicted octanol–water partition coefficient (Wildman–Crippen LogP) is 2.64. The molecule has 0 aromatic carbocycles. The summed E-state index contributed by atoms with van der Waals surface area (Å²) in [5.41, 5.74) is 0. The van der Waals surface area contributed by atoms with E-state index in [0.717, 1.165) is 51.2 Å². The first-order valence-corrected chi connectivity index (χ1v) is 11.1. The summed E-state index contributed by atoms with van der Waals surface area (Å²) in [5, 5.41) is 7.13. The second kappa shape index (κ2) is 14.8. The molecule has 7 heteroatoms. The van der Waals surface area contributed by atoms with Gasteiger partial charge in [-0.3, -0.25) is 4.99 Å². The number of halogens is 1. The Hall–Kier alpha value is -0.120. The molecule has 6 nitrogen and oxygen atoms in total. The summed E-state index contributed by atoms with van der Waals surface area (Å²) in [6, 6.07) is 0.533. The number of ether oxygens (including phenoxy) is 1. The van der Waals surface area contributed by atoms with Crippen LogP contribution < -0.4 is 10.6 Å². The van der Waals surface area contributed by atoms with Gasteiger partial charge in [-0.25, -0.2) is 0 Å². The zero-order valence-corrected chi connectivity index (χ0v) is 20.9. The van der Waals surface area contributed by atoms with Crippen molar-refractivity contribution in [3.8, 4) is 0 Å². The van der Waals surface area contributed by atoms with Gasteiger partial charge < -0.3 is 25.2 Å². The van der Waals surface area contributed by atoms with Gasteiger partial charge in [-0.2, -0.15) is 0 Å². The van der Waals surface area contributed by atoms with E-state index in [1.807, 2.05) is 0 Å². The maximum atomic E-state index is 5.20. The van der Waals surface area contributed by atoms with Crippen molar-refractivity contribution in [2.45, 2.75) is 52.5 Å². The Labute approximate surface area is 190 Å². The zero-order chi connectivity index (χ0) is 19.5. The average molecular weight is 510 g/mol. The molecule has 0 saturated carbocycles. The van der Waals surface area contributed by atoms with Gasteiger partial charge in [0.25, 0.3) is 0 Å². The fraction of sp³-hybridized carbons (Fsp3) is 0.952. The number of likely N-dealkylation sites (tertiary alicyclic amines) is 2. The van der Waals surface area contributed by atoms with Crippen LogP contribution in [0.3, 0.4) is 0 Å². The van der Waals surface area contributed by atoms with Crippen LogP contribution in [0.5, 0.6) is 0 Å². The number of rotatable bonds is 9. The van der Waals surface area contributed by atoms with Gasteiger partial charge in [0.15, 0.2) is 5.96 Å². The van der Waals surface area contributed by atoms with E-state index < -0.39 is 0 Å². The quantitative estimate of drug-likeness (QED) is 0.285. The number of hydrogen-bond acceptors (Lipinski definition) is 4. The third-order valence-electron chi connectivity index (χ3n) is 5.62. The Morgan fingerprint density at radius 2 is 1.89 bits per heavy atom. The van der Waals surface area contributed by atoms with Gasteiger partial charge in [-0.15, -0.1) is 24.0 Å². The van der Waals surface area contributed by atoms with E-state index >= 15 is 0 Å². The van der Waals surface area contributed by atoms with Crippen molar-refractivity contribution >= 4 is 29.9 Å². The van der Waals surface area contributed by atoms with Crippen molar-refractivity contribution in [1.82, 2.24) is 20.4 Å². The number of hydrogen-bond donors (Lipinski definition) is 2. The predicted molar refractivity (Wildman–Crippen MR) is 130 cm³/mol. The van der Waals surface area contributed by atoms with Crippen molar-refractivity contribution in [3.05, 3.63) is 0 Å². The third-order valence-corrected chi connectivity index (χ3v) is 5.62. The molecule has 166 valence electrons. The molecule has 28 heavy (non-hydrogen) atoms. The molecule has 0 aliphatic carbocycles. The van der Waals surface area contributed by atoms with Crippen molar-refractivity contribution in [3.63, 3.8) is 0 Å². The molecule has 1 unspecified atom stereocenters. The summed E-state index contributed by atoms with van der Waals surface area (Å²) < 4.78 is 5.20. The normalized spacial score (nSPS) is 22.9. The first kappa shape index (κ1) is 25.9. The van der Waals surface area contributed by atoms with E-state index in [2.05, 4.69) is 41.2 Å². The zero-order valence-electron chi connectivity index (χ0n) is 18.6. The van der Waals surface area contributed by atoms with Gasteiger partial charge in [0.2, 0.25) is 0 Å². The molecule has 0 aromatic rings. The second-order valence-corrected chi connectivity index (χ2v) is 8.63. The highest BCUT2D eigenvalue weighted by atomic mass is 127. The van der Waals surface area contributed by atoms with Crippen LogP contribution in [0.15, 0.2) is 4.99 Å². The summed E-state index contributed by atoms with van der Waals surface area (Å²) in [7, 11) is 1.78. The standard InChI is InChI=1S/C21H43N5O.HI/c1-5-22-21(24-20-8-11-25(12-9-20)13-14-27-4)23-15-19-7-6-10-26(17-19)16-18(2)3;/h18-20H,5-17H2,1-4H3,(H2,22,23,24);1H. The Balaban J connectivity index is 0.00000392. The highest BCUT2D eigenvalue weighted by molar-refractivity contribution is 14.0. The molecule has 0 spiro atoms. The Bertz CT molecular complexity index is 427. The molecule has 2 heterocycles. The van der Waals surface area contributed by atoms with Crippen LogP contribution in [0.2, 0.25) is 0 Å². The number of nitrogens with zero attached hydrogens (tertiary/aromatic N) is 3. The topological polar surface area (TPSA) is 52.1 Å². The van der Waals surface area contributed by atoms with E-state index in [0.29, 0.717) is 12.0 Å². The molecule has 0 bridgehead atoms. The van der Waals surface area contributed by atoms with Crippen LogP contribution in [0, 0.1) is 11.8 Å². The van der Waals surface area contributed by atoms with Crippen LogP contribution in [-0.4, -0.2) is 87.9 Å². The lowest BCUT2D eigenvalue weighted by atomic mass is 9.97. The molecule has 2 saturated heterocycles. The largest absolute Gasteiger partial charge is 0.383 e. The number of methoxy groups -OCH3 is 1. The van der Waals surface area contributed by atoms with Gasteiger partial charge in [0, 0.05) is 59.0 Å². The second-order valence-electron chi connectivity index (χ2n) is 8.63. The molecule has 1 atom stereocenters. The van der Waals surface area contributed by atoms with Crippen LogP contribution in [0.4, 0.5) is 0 Å². The SMILES string of the molecule is CCNC(=NCC1CCCN(CC(C)C)C1)NC1CCN(CCOC)CC1.I. The number of aliphatic imine (C=N–C) groups is 1. The first-order chi connectivity index (χ1) is 13.1. The monoisotopic (exact) mass is 509 g/mol. The minimum Gasteiger partial charge on any atom is -0.383 e. The minimum absolute atomic E-state index is 0. The molecule has 2 fully saturated rings. The van der Waals surface area contributed by atoms with E-state index in [1.54, 1.807) is 7.11 Å². The highest BCUT2D eigenvalue weighted by Crippen LogP contribution is 2.18. The molecular weight excluding hydrogens is 465 g/mol. The molecule has 0 amide bonds.